The number of halogens is 1. The van der Waals surface area contributed by atoms with Crippen molar-refractivity contribution in [3.8, 4) is 0 Å². The quantitative estimate of drug-likeness (QED) is 0.344. The Morgan fingerprint density at radius 3 is 2.82 bits per heavy atom. The summed E-state index contributed by atoms with van der Waals surface area (Å²) in [5.41, 5.74) is 2.89. The van der Waals surface area contributed by atoms with Crippen LogP contribution in [0.2, 0.25) is 0 Å². The Morgan fingerprint density at radius 2 is 2.08 bits per heavy atom. The Kier molecular flexibility index (Phi) is 8.95. The molecule has 2 saturated heterocycles. The minimum atomic E-state index is -0.397. The van der Waals surface area contributed by atoms with E-state index < -0.39 is 6.09 Å². The number of carbonyl (C=O) groups is 1. The van der Waals surface area contributed by atoms with Crippen LogP contribution in [0.25, 0.3) is 11.2 Å². The van der Waals surface area contributed by atoms with Crippen molar-refractivity contribution in [1.82, 2.24) is 25.1 Å². The zero-order valence-corrected chi connectivity index (χ0v) is 23.8. The number of alkyl carbamates (subject to hydrolysis) is 1. The number of anilines is 1. The van der Waals surface area contributed by atoms with Crippen LogP contribution in [0, 0.1) is 3.70 Å². The molecular formula is C27H35IN6O4. The number of aliphatic hydroxyl groups excluding tert-OH is 1. The third kappa shape index (κ3) is 6.04. The molecule has 11 heteroatoms. The van der Waals surface area contributed by atoms with Gasteiger partial charge < -0.3 is 24.8 Å². The summed E-state index contributed by atoms with van der Waals surface area (Å²) < 4.78 is 14.1. The summed E-state index contributed by atoms with van der Waals surface area (Å²) in [5.74, 6) is 0.692. The van der Waals surface area contributed by atoms with Crippen molar-refractivity contribution in [3.05, 3.63) is 45.3 Å². The second kappa shape index (κ2) is 12.6. The molecule has 2 aliphatic rings. The van der Waals surface area contributed by atoms with E-state index in [0.29, 0.717) is 35.8 Å². The maximum atomic E-state index is 12.5. The van der Waals surface area contributed by atoms with Crippen LogP contribution in [-0.4, -0.2) is 56.2 Å². The lowest BCUT2D eigenvalue weighted by Crippen LogP contribution is -2.50. The lowest BCUT2D eigenvalue weighted by molar-refractivity contribution is -0.0372. The lowest BCUT2D eigenvalue weighted by atomic mass is 9.94. The molecule has 204 valence electrons. The molecule has 1 unspecified atom stereocenters. The summed E-state index contributed by atoms with van der Waals surface area (Å²) in [5, 5.41) is 18.0. The molecule has 1 amide bonds. The molecule has 3 aromatic rings. The van der Waals surface area contributed by atoms with Gasteiger partial charge in [0.05, 0.1) is 6.61 Å². The molecule has 10 nitrogen and oxygen atoms in total. The Morgan fingerprint density at radius 1 is 1.24 bits per heavy atom. The van der Waals surface area contributed by atoms with Crippen LogP contribution in [0.3, 0.4) is 0 Å². The highest BCUT2D eigenvalue weighted by Crippen LogP contribution is 2.33. The van der Waals surface area contributed by atoms with E-state index in [1.807, 2.05) is 35.0 Å². The average Bonchev–Trinajstić information content (AvgIpc) is 3.28. The lowest BCUT2D eigenvalue weighted by Gasteiger charge is -2.41. The molecule has 0 saturated carbocycles. The second-order valence-corrected chi connectivity index (χ2v) is 11.0. The Balaban J connectivity index is 1.34. The second-order valence-electron chi connectivity index (χ2n) is 9.94. The van der Waals surface area contributed by atoms with Gasteiger partial charge in [-0.15, -0.1) is 0 Å². The summed E-state index contributed by atoms with van der Waals surface area (Å²) in [6.07, 6.45) is 5.92. The van der Waals surface area contributed by atoms with Crippen LogP contribution < -0.4 is 10.2 Å². The van der Waals surface area contributed by atoms with Crippen molar-refractivity contribution >= 4 is 45.7 Å². The number of ether oxygens (including phenoxy) is 2. The monoisotopic (exact) mass is 634 g/mol. The van der Waals surface area contributed by atoms with Gasteiger partial charge in [-0.3, -0.25) is 0 Å². The topological polar surface area (TPSA) is 115 Å². The molecule has 0 spiro atoms. The van der Waals surface area contributed by atoms with Gasteiger partial charge in [0.1, 0.15) is 17.8 Å². The van der Waals surface area contributed by atoms with Crippen LogP contribution in [0.5, 0.6) is 0 Å². The number of rotatable bonds is 8. The largest absolute Gasteiger partial charge is 0.445 e. The number of aromatic nitrogens is 4. The summed E-state index contributed by atoms with van der Waals surface area (Å²) in [6.45, 7) is 3.60. The third-order valence-electron chi connectivity index (χ3n) is 7.26. The van der Waals surface area contributed by atoms with Gasteiger partial charge in [0.25, 0.3) is 0 Å². The van der Waals surface area contributed by atoms with E-state index in [0.717, 1.165) is 54.2 Å². The van der Waals surface area contributed by atoms with Crippen LogP contribution in [0.4, 0.5) is 10.6 Å². The van der Waals surface area contributed by atoms with E-state index in [4.69, 9.17) is 24.5 Å². The molecule has 4 heterocycles. The zero-order valence-electron chi connectivity index (χ0n) is 21.7. The van der Waals surface area contributed by atoms with Crippen molar-refractivity contribution in [3.63, 3.8) is 0 Å². The number of fused-ring (bicyclic) bond motifs is 1. The smallest absolute Gasteiger partial charge is 0.407 e. The van der Waals surface area contributed by atoms with Crippen LogP contribution in [-0.2, 0) is 22.7 Å². The molecule has 0 bridgehead atoms. The van der Waals surface area contributed by atoms with Crippen molar-refractivity contribution in [2.45, 2.75) is 83.4 Å². The maximum Gasteiger partial charge on any atom is 0.407 e. The van der Waals surface area contributed by atoms with Crippen molar-refractivity contribution in [2.24, 2.45) is 0 Å². The summed E-state index contributed by atoms with van der Waals surface area (Å²) in [7, 11) is 0. The molecule has 2 N–H and O–H groups in total. The van der Waals surface area contributed by atoms with Gasteiger partial charge in [0.2, 0.25) is 0 Å². The van der Waals surface area contributed by atoms with Gasteiger partial charge >= 0.3 is 6.09 Å². The first-order valence-electron chi connectivity index (χ1n) is 13.5. The fourth-order valence-corrected chi connectivity index (χ4v) is 5.99. The maximum absolute atomic E-state index is 12.5. The molecule has 1 aromatic carbocycles. The molecule has 5 rings (SSSR count). The van der Waals surface area contributed by atoms with E-state index in [1.54, 1.807) is 0 Å². The molecule has 2 fully saturated rings. The van der Waals surface area contributed by atoms with Gasteiger partial charge in [0.15, 0.2) is 21.4 Å². The predicted molar refractivity (Wildman–Crippen MR) is 152 cm³/mol. The Labute approximate surface area is 236 Å². The number of aliphatic hydroxyl groups is 1. The van der Waals surface area contributed by atoms with E-state index in [-0.39, 0.29) is 31.5 Å². The Bertz CT molecular complexity index is 1230. The molecule has 2 aromatic heterocycles. The van der Waals surface area contributed by atoms with E-state index >= 15 is 0 Å². The van der Waals surface area contributed by atoms with E-state index in [1.165, 1.54) is 0 Å². The van der Waals surface area contributed by atoms with Gasteiger partial charge in [-0.2, -0.15) is 5.10 Å². The molecule has 2 aliphatic heterocycles. The minimum absolute atomic E-state index is 0.00227. The van der Waals surface area contributed by atoms with Gasteiger partial charge in [-0.1, -0.05) is 43.7 Å². The first kappa shape index (κ1) is 27.1. The average molecular weight is 635 g/mol. The van der Waals surface area contributed by atoms with Crippen LogP contribution in [0.1, 0.15) is 69.4 Å². The van der Waals surface area contributed by atoms with E-state index in [2.05, 4.69) is 39.7 Å². The highest BCUT2D eigenvalue weighted by molar-refractivity contribution is 14.1. The first-order chi connectivity index (χ1) is 18.6. The van der Waals surface area contributed by atoms with Crippen LogP contribution in [0.15, 0.2) is 30.3 Å². The molecule has 0 radical (unpaired) electrons. The summed E-state index contributed by atoms with van der Waals surface area (Å²) in [6, 6.07) is 9.82. The third-order valence-corrected chi connectivity index (χ3v) is 7.99. The van der Waals surface area contributed by atoms with Crippen molar-refractivity contribution < 1.29 is 19.4 Å². The first-order valence-corrected chi connectivity index (χ1v) is 14.6. The predicted octanol–water partition coefficient (Wildman–Crippen LogP) is 4.69. The molecule has 38 heavy (non-hydrogen) atoms. The zero-order chi connectivity index (χ0) is 26.5. The summed E-state index contributed by atoms with van der Waals surface area (Å²) in [4.78, 5) is 24.6. The van der Waals surface area contributed by atoms with E-state index in [9.17, 15) is 9.90 Å². The SMILES string of the molecule is CCC[C@@H]1C[C@@H](NC(=O)OCc2ccccc2)CCN1c1nc2c(nc1CO)c(I)nn2C1CCCCO1. The highest BCUT2D eigenvalue weighted by atomic mass is 127. The number of carbonyl (C=O) groups excluding carboxylic acids is 1. The van der Waals surface area contributed by atoms with Gasteiger partial charge in [-0.05, 0) is 66.7 Å². The van der Waals surface area contributed by atoms with Gasteiger partial charge in [0, 0.05) is 25.2 Å². The number of piperidine rings is 1. The molecular weight excluding hydrogens is 599 g/mol. The van der Waals surface area contributed by atoms with Crippen molar-refractivity contribution in [2.75, 3.05) is 18.1 Å². The Hall–Kier alpha value is -2.51. The number of nitrogens with one attached hydrogen (secondary N) is 1. The summed E-state index contributed by atoms with van der Waals surface area (Å²) >= 11 is 2.18. The number of benzene rings is 1. The van der Waals surface area contributed by atoms with Gasteiger partial charge in [-0.25, -0.2) is 19.4 Å². The normalized spacial score (nSPS) is 22.0. The molecule has 0 aliphatic carbocycles. The standard InChI is InChI=1S/C27H35IN6O4/c1-2-8-20-15-19(29-27(36)38-17-18-9-4-3-5-10-18)12-13-33(20)25-21(16-35)30-23-24(28)32-34(26(23)31-25)22-11-6-7-14-37-22/h3-5,9-10,19-20,22,35H,2,6-8,11-17H2,1H3,(H,29,36)/t19-,20+,22?/m0/s1. The minimum Gasteiger partial charge on any atom is -0.445 e. The van der Waals surface area contributed by atoms with Crippen LogP contribution >= 0.6 is 22.6 Å². The number of nitrogens with zero attached hydrogens (tertiary/aromatic N) is 5. The fraction of sp³-hybridized carbons (Fsp3) is 0.556. The number of hydrogen-bond acceptors (Lipinski definition) is 8. The fourth-order valence-electron chi connectivity index (χ4n) is 5.39. The highest BCUT2D eigenvalue weighted by Gasteiger charge is 2.33. The van der Waals surface area contributed by atoms with Crippen molar-refractivity contribution in [1.29, 1.82) is 0 Å². The number of amides is 1. The molecule has 3 atom stereocenters. The number of hydrogen-bond donors (Lipinski definition) is 2.